The quantitative estimate of drug-likeness (QED) is 0.622. The number of carbonyl (C=O) groups excluding carboxylic acids is 1. The number of guanidine groups is 1. The van der Waals surface area contributed by atoms with Gasteiger partial charge in [-0.3, -0.25) is 14.5 Å². The third kappa shape index (κ3) is 4.47. The molecular weight excluding hydrogens is 366 g/mol. The van der Waals surface area contributed by atoms with Crippen molar-refractivity contribution >= 4 is 17.6 Å². The van der Waals surface area contributed by atoms with E-state index in [-0.39, 0.29) is 24.4 Å². The Kier molecular flexibility index (Phi) is 6.23. The van der Waals surface area contributed by atoms with Crippen LogP contribution < -0.4 is 10.2 Å². The molecule has 0 radical (unpaired) electrons. The van der Waals surface area contributed by atoms with E-state index in [2.05, 4.69) is 15.4 Å². The van der Waals surface area contributed by atoms with Gasteiger partial charge in [0.05, 0.1) is 11.9 Å². The first-order valence-corrected chi connectivity index (χ1v) is 9.24. The summed E-state index contributed by atoms with van der Waals surface area (Å²) >= 11 is 0. The maximum absolute atomic E-state index is 13.8. The second kappa shape index (κ2) is 8.81. The number of aryl methyl sites for hydroxylation is 1. The molecule has 0 spiro atoms. The molecule has 28 heavy (non-hydrogen) atoms. The first-order chi connectivity index (χ1) is 13.5. The number of aliphatic imine (C=N–C) groups is 1. The van der Waals surface area contributed by atoms with Crippen molar-refractivity contribution in [3.05, 3.63) is 47.8 Å². The highest BCUT2D eigenvalue weighted by atomic mass is 19.2. The van der Waals surface area contributed by atoms with Crippen LogP contribution in [0.1, 0.15) is 12.5 Å². The smallest absolute Gasteiger partial charge is 0.246 e. The van der Waals surface area contributed by atoms with Gasteiger partial charge in [0.25, 0.3) is 0 Å². The van der Waals surface area contributed by atoms with E-state index in [9.17, 15) is 13.6 Å². The Morgan fingerprint density at radius 3 is 2.82 bits per heavy atom. The van der Waals surface area contributed by atoms with E-state index in [0.717, 1.165) is 11.8 Å². The zero-order chi connectivity index (χ0) is 20.1. The molecule has 1 aromatic heterocycles. The molecule has 1 saturated heterocycles. The van der Waals surface area contributed by atoms with Gasteiger partial charge in [0.15, 0.2) is 17.6 Å². The van der Waals surface area contributed by atoms with E-state index in [1.54, 1.807) is 28.0 Å². The zero-order valence-corrected chi connectivity index (χ0v) is 16.0. The third-order valence-corrected chi connectivity index (χ3v) is 4.53. The minimum absolute atomic E-state index is 0.0407. The van der Waals surface area contributed by atoms with Crippen LogP contribution in [-0.4, -0.2) is 59.3 Å². The first-order valence-electron chi connectivity index (χ1n) is 9.24. The third-order valence-electron chi connectivity index (χ3n) is 4.53. The lowest BCUT2D eigenvalue weighted by molar-refractivity contribution is -0.120. The second-order valence-electron chi connectivity index (χ2n) is 6.54. The summed E-state index contributed by atoms with van der Waals surface area (Å²) in [5.41, 5.74) is 1.06. The van der Waals surface area contributed by atoms with Gasteiger partial charge in [-0.15, -0.1) is 0 Å². The van der Waals surface area contributed by atoms with E-state index in [0.29, 0.717) is 32.1 Å². The van der Waals surface area contributed by atoms with Gasteiger partial charge in [-0.25, -0.2) is 8.78 Å². The van der Waals surface area contributed by atoms with Crippen molar-refractivity contribution in [2.45, 2.75) is 13.3 Å². The molecule has 1 amide bonds. The molecule has 0 atom stereocenters. The molecule has 1 N–H and O–H groups in total. The predicted molar refractivity (Wildman–Crippen MR) is 103 cm³/mol. The van der Waals surface area contributed by atoms with Crippen molar-refractivity contribution in [3.63, 3.8) is 0 Å². The Morgan fingerprint density at radius 1 is 1.32 bits per heavy atom. The monoisotopic (exact) mass is 390 g/mol. The maximum atomic E-state index is 13.8. The number of halogens is 2. The Labute approximate surface area is 162 Å². The van der Waals surface area contributed by atoms with E-state index < -0.39 is 11.6 Å². The molecule has 2 heterocycles. The molecule has 2 aromatic rings. The first kappa shape index (κ1) is 19.8. The SMILES string of the molecule is CCNC(=NCCc1cccc(F)c1F)N1CCN(c2cnn(C)c2)C(=O)C1. The molecule has 1 fully saturated rings. The van der Waals surface area contributed by atoms with Gasteiger partial charge >= 0.3 is 0 Å². The van der Waals surface area contributed by atoms with Gasteiger partial charge in [0, 0.05) is 39.4 Å². The van der Waals surface area contributed by atoms with Crippen molar-refractivity contribution in [3.8, 4) is 0 Å². The van der Waals surface area contributed by atoms with Gasteiger partial charge in [0.1, 0.15) is 6.54 Å². The predicted octanol–water partition coefficient (Wildman–Crippen LogP) is 1.56. The average Bonchev–Trinajstić information content (AvgIpc) is 3.10. The fraction of sp³-hybridized carbons (Fsp3) is 0.421. The molecule has 9 heteroatoms. The molecule has 1 aliphatic heterocycles. The number of amides is 1. The topological polar surface area (TPSA) is 65.8 Å². The number of anilines is 1. The number of rotatable bonds is 5. The highest BCUT2D eigenvalue weighted by molar-refractivity contribution is 5.98. The minimum Gasteiger partial charge on any atom is -0.357 e. The fourth-order valence-corrected chi connectivity index (χ4v) is 3.12. The van der Waals surface area contributed by atoms with Crippen LogP contribution in [0, 0.1) is 11.6 Å². The van der Waals surface area contributed by atoms with Gasteiger partial charge in [-0.2, -0.15) is 5.10 Å². The maximum Gasteiger partial charge on any atom is 0.246 e. The van der Waals surface area contributed by atoms with Gasteiger partial charge in [-0.1, -0.05) is 12.1 Å². The summed E-state index contributed by atoms with van der Waals surface area (Å²) in [6.07, 6.45) is 3.75. The molecule has 1 aliphatic rings. The Balaban J connectivity index is 1.64. The Bertz CT molecular complexity index is 866. The average molecular weight is 390 g/mol. The van der Waals surface area contributed by atoms with Crippen molar-refractivity contribution < 1.29 is 13.6 Å². The van der Waals surface area contributed by atoms with Crippen LogP contribution in [0.3, 0.4) is 0 Å². The zero-order valence-electron chi connectivity index (χ0n) is 16.0. The summed E-state index contributed by atoms with van der Waals surface area (Å²) in [5, 5.41) is 7.27. The summed E-state index contributed by atoms with van der Waals surface area (Å²) < 4.78 is 28.8. The number of aromatic nitrogens is 2. The number of nitrogens with zero attached hydrogens (tertiary/aromatic N) is 5. The highest BCUT2D eigenvalue weighted by Gasteiger charge is 2.27. The van der Waals surface area contributed by atoms with Crippen LogP contribution in [0.2, 0.25) is 0 Å². The molecule has 1 aromatic carbocycles. The number of carbonyl (C=O) groups is 1. The van der Waals surface area contributed by atoms with E-state index >= 15 is 0 Å². The summed E-state index contributed by atoms with van der Waals surface area (Å²) in [6.45, 7) is 4.20. The summed E-state index contributed by atoms with van der Waals surface area (Å²) in [7, 11) is 1.81. The number of hydrogen-bond acceptors (Lipinski definition) is 3. The minimum atomic E-state index is -0.856. The molecule has 0 aliphatic carbocycles. The van der Waals surface area contributed by atoms with Crippen molar-refractivity contribution in [1.82, 2.24) is 20.0 Å². The summed E-state index contributed by atoms with van der Waals surface area (Å²) in [4.78, 5) is 20.6. The molecule has 0 unspecified atom stereocenters. The lowest BCUT2D eigenvalue weighted by Gasteiger charge is -2.35. The number of piperazine rings is 1. The van der Waals surface area contributed by atoms with Crippen LogP contribution in [0.4, 0.5) is 14.5 Å². The van der Waals surface area contributed by atoms with E-state index in [1.807, 2.05) is 18.9 Å². The highest BCUT2D eigenvalue weighted by Crippen LogP contribution is 2.16. The number of benzene rings is 1. The second-order valence-corrected chi connectivity index (χ2v) is 6.54. The normalized spacial score (nSPS) is 15.3. The van der Waals surface area contributed by atoms with Crippen molar-refractivity contribution in [1.29, 1.82) is 0 Å². The number of nitrogens with one attached hydrogen (secondary N) is 1. The van der Waals surface area contributed by atoms with E-state index in [1.165, 1.54) is 6.07 Å². The van der Waals surface area contributed by atoms with Gasteiger partial charge < -0.3 is 15.1 Å². The molecule has 0 bridgehead atoms. The van der Waals surface area contributed by atoms with Gasteiger partial charge in [-0.05, 0) is 25.0 Å². The van der Waals surface area contributed by atoms with Crippen LogP contribution in [-0.2, 0) is 18.3 Å². The summed E-state index contributed by atoms with van der Waals surface area (Å²) in [6, 6.07) is 4.13. The largest absolute Gasteiger partial charge is 0.357 e. The molecule has 0 saturated carbocycles. The molecule has 7 nitrogen and oxygen atoms in total. The van der Waals surface area contributed by atoms with E-state index in [4.69, 9.17) is 0 Å². The van der Waals surface area contributed by atoms with Crippen molar-refractivity contribution in [2.75, 3.05) is 37.6 Å². The van der Waals surface area contributed by atoms with Crippen LogP contribution in [0.15, 0.2) is 35.6 Å². The van der Waals surface area contributed by atoms with Crippen LogP contribution >= 0.6 is 0 Å². The Morgan fingerprint density at radius 2 is 2.14 bits per heavy atom. The fourth-order valence-electron chi connectivity index (χ4n) is 3.12. The van der Waals surface area contributed by atoms with Crippen LogP contribution in [0.5, 0.6) is 0 Å². The molecule has 150 valence electrons. The number of hydrogen-bond donors (Lipinski definition) is 1. The lowest BCUT2D eigenvalue weighted by atomic mass is 10.1. The van der Waals surface area contributed by atoms with Crippen molar-refractivity contribution in [2.24, 2.45) is 12.0 Å². The lowest BCUT2D eigenvalue weighted by Crippen LogP contribution is -2.55. The van der Waals surface area contributed by atoms with Gasteiger partial charge in [0.2, 0.25) is 5.91 Å². The molecular formula is C19H24F2N6O. The summed E-state index contributed by atoms with van der Waals surface area (Å²) in [5.74, 6) is -1.13. The van der Waals surface area contributed by atoms with Crippen LogP contribution in [0.25, 0.3) is 0 Å². The standard InChI is InChI=1S/C19H24F2N6O/c1-3-22-19(23-8-7-14-5-4-6-16(20)18(14)21)26-9-10-27(17(28)13-26)15-11-24-25(2)12-15/h4-6,11-12H,3,7-10,13H2,1-2H3,(H,22,23). The molecule has 3 rings (SSSR count). The Hall–Kier alpha value is -2.97.